The van der Waals surface area contributed by atoms with Crippen molar-refractivity contribution >= 4 is 5.78 Å². The Bertz CT molecular complexity index is 350. The molecule has 0 spiro atoms. The first kappa shape index (κ1) is 11.9. The molecule has 1 heterocycles. The van der Waals surface area contributed by atoms with Crippen LogP contribution in [-0.4, -0.2) is 16.3 Å². The van der Waals surface area contributed by atoms with Gasteiger partial charge in [0.25, 0.3) is 0 Å². The van der Waals surface area contributed by atoms with Crippen LogP contribution in [-0.2, 0) is 0 Å². The van der Waals surface area contributed by atoms with E-state index in [1.165, 1.54) is 0 Å². The van der Waals surface area contributed by atoms with Gasteiger partial charge in [-0.3, -0.25) is 9.78 Å². The Balaban J connectivity index is 3.06. The molecule has 0 aliphatic carbocycles. The van der Waals surface area contributed by atoms with E-state index in [4.69, 9.17) is 5.73 Å². The zero-order valence-corrected chi connectivity index (χ0v) is 9.74. The normalized spacial score (nSPS) is 12.6. The lowest BCUT2D eigenvalue weighted by Crippen LogP contribution is -2.51. The maximum atomic E-state index is 12.2. The number of carbonyl (C=O) groups is 1. The molecule has 2 N–H and O–H groups in total. The van der Waals surface area contributed by atoms with Gasteiger partial charge in [-0.2, -0.15) is 0 Å². The number of nitrogens with zero attached hydrogens (tertiary/aromatic N) is 1. The highest BCUT2D eigenvalue weighted by atomic mass is 16.1. The van der Waals surface area contributed by atoms with Crippen molar-refractivity contribution in [1.29, 1.82) is 0 Å². The van der Waals surface area contributed by atoms with E-state index >= 15 is 0 Å². The topological polar surface area (TPSA) is 56.0 Å². The van der Waals surface area contributed by atoms with Gasteiger partial charge in [0.1, 0.15) is 0 Å². The average Bonchev–Trinajstić information content (AvgIpc) is 2.16. The molecule has 0 bridgehead atoms. The molecular formula is C12H18N2O. The van der Waals surface area contributed by atoms with Crippen molar-refractivity contribution in [2.24, 2.45) is 11.1 Å². The lowest BCUT2D eigenvalue weighted by molar-refractivity contribution is 0.0734. The fraction of sp³-hybridized carbons (Fsp3) is 0.500. The van der Waals surface area contributed by atoms with Crippen molar-refractivity contribution < 1.29 is 4.79 Å². The maximum absolute atomic E-state index is 12.2. The van der Waals surface area contributed by atoms with Crippen molar-refractivity contribution in [3.63, 3.8) is 0 Å². The SMILES string of the molecule is CC(C)(N)C(C)(C)C(=O)c1cccnc1. The van der Waals surface area contributed by atoms with E-state index in [1.54, 1.807) is 24.5 Å². The number of rotatable bonds is 3. The first-order valence-corrected chi connectivity index (χ1v) is 5.00. The molecule has 82 valence electrons. The van der Waals surface area contributed by atoms with Crippen LogP contribution in [0.3, 0.4) is 0 Å². The third kappa shape index (κ3) is 2.23. The molecule has 0 aliphatic heterocycles. The van der Waals surface area contributed by atoms with Gasteiger partial charge >= 0.3 is 0 Å². The molecule has 1 aromatic heterocycles. The summed E-state index contributed by atoms with van der Waals surface area (Å²) in [6.45, 7) is 7.45. The molecule has 0 amide bonds. The lowest BCUT2D eigenvalue weighted by atomic mass is 9.70. The zero-order chi connectivity index (χ0) is 11.7. The first-order chi connectivity index (χ1) is 6.77. The second-order valence-electron chi connectivity index (χ2n) is 4.92. The highest BCUT2D eigenvalue weighted by molar-refractivity contribution is 6.00. The van der Waals surface area contributed by atoms with Crippen molar-refractivity contribution in [1.82, 2.24) is 4.98 Å². The van der Waals surface area contributed by atoms with Gasteiger partial charge in [-0.25, -0.2) is 0 Å². The summed E-state index contributed by atoms with van der Waals surface area (Å²) in [6.07, 6.45) is 3.23. The second-order valence-corrected chi connectivity index (χ2v) is 4.92. The van der Waals surface area contributed by atoms with Crippen LogP contribution in [0.25, 0.3) is 0 Å². The van der Waals surface area contributed by atoms with Crippen LogP contribution >= 0.6 is 0 Å². The Kier molecular flexibility index (Phi) is 2.95. The summed E-state index contributed by atoms with van der Waals surface area (Å²) in [7, 11) is 0. The van der Waals surface area contributed by atoms with Gasteiger partial charge < -0.3 is 5.73 Å². The standard InChI is InChI=1S/C12H18N2O/c1-11(2,12(3,4)13)10(15)9-6-5-7-14-8-9/h5-8H,13H2,1-4H3. The van der Waals surface area contributed by atoms with E-state index < -0.39 is 11.0 Å². The summed E-state index contributed by atoms with van der Waals surface area (Å²) in [6, 6.07) is 3.52. The predicted octanol–water partition coefficient (Wildman–Crippen LogP) is 2.03. The van der Waals surface area contributed by atoms with Gasteiger partial charge in [-0.05, 0) is 26.0 Å². The van der Waals surface area contributed by atoms with Gasteiger partial charge in [0.15, 0.2) is 5.78 Å². The molecule has 0 saturated heterocycles. The Morgan fingerprint density at radius 1 is 1.33 bits per heavy atom. The minimum absolute atomic E-state index is 0.0306. The molecule has 0 aliphatic rings. The Hall–Kier alpha value is -1.22. The first-order valence-electron chi connectivity index (χ1n) is 5.00. The van der Waals surface area contributed by atoms with Crippen LogP contribution in [0.4, 0.5) is 0 Å². The molecule has 0 fully saturated rings. The van der Waals surface area contributed by atoms with Gasteiger partial charge in [0.05, 0.1) is 0 Å². The molecule has 1 rings (SSSR count). The minimum Gasteiger partial charge on any atom is -0.325 e. The number of nitrogens with two attached hydrogens (primary N) is 1. The van der Waals surface area contributed by atoms with Gasteiger partial charge in [-0.1, -0.05) is 13.8 Å². The molecule has 0 atom stereocenters. The van der Waals surface area contributed by atoms with Crippen molar-refractivity contribution in [2.45, 2.75) is 33.2 Å². The van der Waals surface area contributed by atoms with Crippen molar-refractivity contribution in [3.8, 4) is 0 Å². The second kappa shape index (κ2) is 3.74. The fourth-order valence-electron chi connectivity index (χ4n) is 1.15. The molecule has 0 unspecified atom stereocenters. The number of pyridine rings is 1. The number of carbonyl (C=O) groups excluding carboxylic acids is 1. The minimum atomic E-state index is -0.601. The molecule has 15 heavy (non-hydrogen) atoms. The summed E-state index contributed by atoms with van der Waals surface area (Å²) < 4.78 is 0. The molecule has 3 heteroatoms. The van der Waals surface area contributed by atoms with E-state index in [-0.39, 0.29) is 5.78 Å². The van der Waals surface area contributed by atoms with Crippen molar-refractivity contribution in [3.05, 3.63) is 30.1 Å². The van der Waals surface area contributed by atoms with Gasteiger partial charge in [-0.15, -0.1) is 0 Å². The number of ketones is 1. The monoisotopic (exact) mass is 206 g/mol. The quantitative estimate of drug-likeness (QED) is 0.770. The van der Waals surface area contributed by atoms with E-state index in [1.807, 2.05) is 27.7 Å². The number of aromatic nitrogens is 1. The van der Waals surface area contributed by atoms with Crippen LogP contribution in [0.1, 0.15) is 38.1 Å². The fourth-order valence-corrected chi connectivity index (χ4v) is 1.15. The lowest BCUT2D eigenvalue weighted by Gasteiger charge is -2.36. The smallest absolute Gasteiger partial charge is 0.171 e. The Labute approximate surface area is 90.7 Å². The number of hydrogen-bond acceptors (Lipinski definition) is 3. The highest BCUT2D eigenvalue weighted by Gasteiger charge is 2.40. The highest BCUT2D eigenvalue weighted by Crippen LogP contribution is 2.31. The van der Waals surface area contributed by atoms with E-state index in [2.05, 4.69) is 4.98 Å². The van der Waals surface area contributed by atoms with E-state index in [0.29, 0.717) is 5.56 Å². The zero-order valence-electron chi connectivity index (χ0n) is 9.74. The number of hydrogen-bond donors (Lipinski definition) is 1. The van der Waals surface area contributed by atoms with Crippen LogP contribution in [0, 0.1) is 5.41 Å². The van der Waals surface area contributed by atoms with E-state index in [9.17, 15) is 4.79 Å². The van der Waals surface area contributed by atoms with Crippen LogP contribution in [0.15, 0.2) is 24.5 Å². The summed E-state index contributed by atoms with van der Waals surface area (Å²) in [4.78, 5) is 16.1. The Morgan fingerprint density at radius 2 is 1.93 bits per heavy atom. The van der Waals surface area contributed by atoms with Crippen LogP contribution in [0.2, 0.25) is 0 Å². The summed E-state index contributed by atoms with van der Waals surface area (Å²) in [5.41, 5.74) is 5.47. The largest absolute Gasteiger partial charge is 0.325 e. The van der Waals surface area contributed by atoms with E-state index in [0.717, 1.165) is 0 Å². The third-order valence-electron chi connectivity index (χ3n) is 3.10. The molecule has 0 aromatic carbocycles. The average molecular weight is 206 g/mol. The van der Waals surface area contributed by atoms with Crippen LogP contribution < -0.4 is 5.73 Å². The summed E-state index contributed by atoms with van der Waals surface area (Å²) in [5.74, 6) is 0.0306. The molecule has 1 aromatic rings. The summed E-state index contributed by atoms with van der Waals surface area (Å²) >= 11 is 0. The molecule has 0 radical (unpaired) electrons. The molecule has 0 saturated carbocycles. The summed E-state index contributed by atoms with van der Waals surface area (Å²) in [5, 5.41) is 0. The molecular weight excluding hydrogens is 188 g/mol. The number of Topliss-reactive ketones (excluding diaryl/α,β-unsaturated/α-hetero) is 1. The van der Waals surface area contributed by atoms with Gasteiger partial charge in [0.2, 0.25) is 0 Å². The Morgan fingerprint density at radius 3 is 2.33 bits per heavy atom. The predicted molar refractivity (Wildman–Crippen MR) is 60.6 cm³/mol. The maximum Gasteiger partial charge on any atom is 0.171 e. The van der Waals surface area contributed by atoms with Crippen molar-refractivity contribution in [2.75, 3.05) is 0 Å². The molecule has 3 nitrogen and oxygen atoms in total. The van der Waals surface area contributed by atoms with Crippen LogP contribution in [0.5, 0.6) is 0 Å². The van der Waals surface area contributed by atoms with Gasteiger partial charge in [0, 0.05) is 28.9 Å². The third-order valence-corrected chi connectivity index (χ3v) is 3.10.